The van der Waals surface area contributed by atoms with Crippen LogP contribution in [-0.4, -0.2) is 40.0 Å². The molecule has 1 amide bonds. The Morgan fingerprint density at radius 3 is 3.00 bits per heavy atom. The molecule has 16 heavy (non-hydrogen) atoms. The number of nitrogens with one attached hydrogen (secondary N) is 2. The summed E-state index contributed by atoms with van der Waals surface area (Å²) in [4.78, 5) is 11.4. The molecule has 1 aromatic rings. The zero-order chi connectivity index (χ0) is 11.8. The number of nitrogens with zero attached hydrogens (tertiary/aromatic N) is 3. The van der Waals surface area contributed by atoms with Crippen LogP contribution in [0.1, 0.15) is 20.3 Å². The minimum Gasteiger partial charge on any atom is -0.355 e. The molecule has 0 aliphatic heterocycles. The lowest BCUT2D eigenvalue weighted by Crippen LogP contribution is -2.42. The molecule has 1 atom stereocenters. The van der Waals surface area contributed by atoms with Gasteiger partial charge in [0.2, 0.25) is 5.91 Å². The molecule has 1 heterocycles. The van der Waals surface area contributed by atoms with Gasteiger partial charge in [-0.2, -0.15) is 0 Å². The topological polar surface area (TPSA) is 71.8 Å². The summed E-state index contributed by atoms with van der Waals surface area (Å²) in [6, 6.07) is -0.143. The molecule has 0 aromatic carbocycles. The van der Waals surface area contributed by atoms with E-state index in [4.69, 9.17) is 0 Å². The van der Waals surface area contributed by atoms with Crippen LogP contribution >= 0.6 is 0 Å². The second-order valence-electron chi connectivity index (χ2n) is 3.59. The third-order valence-electron chi connectivity index (χ3n) is 2.23. The summed E-state index contributed by atoms with van der Waals surface area (Å²) >= 11 is 0. The van der Waals surface area contributed by atoms with Gasteiger partial charge in [-0.3, -0.25) is 9.48 Å². The monoisotopic (exact) mass is 225 g/mol. The molecule has 0 aliphatic rings. The maximum absolute atomic E-state index is 11.4. The Bertz CT molecular complexity index is 298. The smallest absolute Gasteiger partial charge is 0.236 e. The van der Waals surface area contributed by atoms with Crippen LogP contribution in [0.15, 0.2) is 12.4 Å². The van der Waals surface area contributed by atoms with Gasteiger partial charge in [-0.15, -0.1) is 5.10 Å². The van der Waals surface area contributed by atoms with Crippen molar-refractivity contribution in [3.63, 3.8) is 0 Å². The highest BCUT2D eigenvalue weighted by Crippen LogP contribution is 1.88. The number of aromatic nitrogens is 3. The van der Waals surface area contributed by atoms with E-state index in [1.807, 2.05) is 20.0 Å². The van der Waals surface area contributed by atoms with E-state index in [-0.39, 0.29) is 11.9 Å². The highest BCUT2D eigenvalue weighted by Gasteiger charge is 2.09. The maximum atomic E-state index is 11.4. The Balaban J connectivity index is 2.08. The number of carbonyl (C=O) groups excluding carboxylic acids is 1. The fraction of sp³-hybridized carbons (Fsp3) is 0.700. The highest BCUT2D eigenvalue weighted by atomic mass is 16.2. The van der Waals surface area contributed by atoms with Crippen molar-refractivity contribution >= 4 is 5.91 Å². The maximum Gasteiger partial charge on any atom is 0.236 e. The lowest BCUT2D eigenvalue weighted by molar-refractivity contribution is -0.122. The van der Waals surface area contributed by atoms with Crippen LogP contribution in [0.25, 0.3) is 0 Å². The second-order valence-corrected chi connectivity index (χ2v) is 3.59. The Labute approximate surface area is 95.4 Å². The van der Waals surface area contributed by atoms with E-state index >= 15 is 0 Å². The number of hydrogen-bond acceptors (Lipinski definition) is 4. The van der Waals surface area contributed by atoms with Gasteiger partial charge in [-0.1, -0.05) is 5.21 Å². The van der Waals surface area contributed by atoms with Gasteiger partial charge in [-0.25, -0.2) is 0 Å². The van der Waals surface area contributed by atoms with E-state index in [1.165, 1.54) is 0 Å². The first-order valence-corrected chi connectivity index (χ1v) is 5.59. The molecular formula is C10H19N5O. The van der Waals surface area contributed by atoms with E-state index in [9.17, 15) is 4.79 Å². The molecule has 2 N–H and O–H groups in total. The molecule has 6 heteroatoms. The molecule has 1 aromatic heterocycles. The van der Waals surface area contributed by atoms with E-state index in [0.29, 0.717) is 6.54 Å². The number of aryl methyl sites for hydroxylation is 1. The van der Waals surface area contributed by atoms with Gasteiger partial charge in [0.1, 0.15) is 0 Å². The molecule has 6 nitrogen and oxygen atoms in total. The summed E-state index contributed by atoms with van der Waals surface area (Å²) < 4.78 is 1.78. The van der Waals surface area contributed by atoms with Crippen molar-refractivity contribution in [2.24, 2.45) is 0 Å². The number of likely N-dealkylation sites (N-methyl/N-ethyl adjacent to an activating group) is 1. The van der Waals surface area contributed by atoms with Crippen molar-refractivity contribution < 1.29 is 4.79 Å². The molecule has 0 spiro atoms. The standard InChI is InChI=1S/C10H19N5O/c1-3-11-10(16)9(2)12-5-4-7-15-8-6-13-14-15/h6,8-9,12H,3-5,7H2,1-2H3,(H,11,16). The van der Waals surface area contributed by atoms with Gasteiger partial charge < -0.3 is 10.6 Å². The first-order chi connectivity index (χ1) is 7.74. The molecule has 0 fully saturated rings. The number of amides is 1. The summed E-state index contributed by atoms with van der Waals surface area (Å²) in [5.74, 6) is 0.0447. The molecule has 0 aliphatic carbocycles. The van der Waals surface area contributed by atoms with Gasteiger partial charge in [0.25, 0.3) is 0 Å². The summed E-state index contributed by atoms with van der Waals surface area (Å²) in [6.07, 6.45) is 4.41. The Morgan fingerprint density at radius 1 is 1.56 bits per heavy atom. The van der Waals surface area contributed by atoms with Gasteiger partial charge in [0.15, 0.2) is 0 Å². The summed E-state index contributed by atoms with van der Waals surface area (Å²) in [7, 11) is 0. The van der Waals surface area contributed by atoms with E-state index in [0.717, 1.165) is 19.5 Å². The lowest BCUT2D eigenvalue weighted by atomic mass is 10.3. The molecule has 1 unspecified atom stereocenters. The zero-order valence-electron chi connectivity index (χ0n) is 9.81. The van der Waals surface area contributed by atoms with Crippen molar-refractivity contribution in [3.05, 3.63) is 12.4 Å². The minimum absolute atomic E-state index is 0.0447. The Morgan fingerprint density at radius 2 is 2.38 bits per heavy atom. The van der Waals surface area contributed by atoms with Crippen molar-refractivity contribution in [2.45, 2.75) is 32.9 Å². The minimum atomic E-state index is -0.143. The van der Waals surface area contributed by atoms with E-state index in [1.54, 1.807) is 10.9 Å². The van der Waals surface area contributed by atoms with Crippen LogP contribution in [0.5, 0.6) is 0 Å². The van der Waals surface area contributed by atoms with Gasteiger partial charge in [-0.05, 0) is 26.8 Å². The normalized spacial score (nSPS) is 12.4. The summed E-state index contributed by atoms with van der Waals surface area (Å²) in [5, 5.41) is 13.5. The predicted octanol–water partition coefficient (Wildman–Crippen LogP) is -0.218. The Hall–Kier alpha value is -1.43. The second kappa shape index (κ2) is 6.95. The van der Waals surface area contributed by atoms with Crippen LogP contribution in [0.2, 0.25) is 0 Å². The average molecular weight is 225 g/mol. The molecule has 0 saturated heterocycles. The highest BCUT2D eigenvalue weighted by molar-refractivity contribution is 5.81. The van der Waals surface area contributed by atoms with Crippen LogP contribution in [0.4, 0.5) is 0 Å². The average Bonchev–Trinajstić information content (AvgIpc) is 2.77. The molecule has 1 rings (SSSR count). The molecule has 0 radical (unpaired) electrons. The zero-order valence-corrected chi connectivity index (χ0v) is 9.81. The Kier molecular flexibility index (Phi) is 5.49. The third kappa shape index (κ3) is 4.39. The summed E-state index contributed by atoms with van der Waals surface area (Å²) in [5.41, 5.74) is 0. The number of rotatable bonds is 7. The third-order valence-corrected chi connectivity index (χ3v) is 2.23. The van der Waals surface area contributed by atoms with Crippen LogP contribution in [0, 0.1) is 0 Å². The summed E-state index contributed by atoms with van der Waals surface area (Å²) in [6.45, 7) is 6.05. The van der Waals surface area contributed by atoms with Crippen LogP contribution < -0.4 is 10.6 Å². The largest absolute Gasteiger partial charge is 0.355 e. The van der Waals surface area contributed by atoms with Crippen molar-refractivity contribution in [2.75, 3.05) is 13.1 Å². The predicted molar refractivity (Wildman–Crippen MR) is 60.8 cm³/mol. The van der Waals surface area contributed by atoms with Crippen molar-refractivity contribution in [1.29, 1.82) is 0 Å². The van der Waals surface area contributed by atoms with E-state index < -0.39 is 0 Å². The van der Waals surface area contributed by atoms with Crippen LogP contribution in [0.3, 0.4) is 0 Å². The fourth-order valence-electron chi connectivity index (χ4n) is 1.33. The van der Waals surface area contributed by atoms with Gasteiger partial charge in [0.05, 0.1) is 12.2 Å². The molecule has 0 bridgehead atoms. The van der Waals surface area contributed by atoms with Crippen molar-refractivity contribution in [3.8, 4) is 0 Å². The first-order valence-electron chi connectivity index (χ1n) is 5.59. The van der Waals surface area contributed by atoms with Gasteiger partial charge >= 0.3 is 0 Å². The lowest BCUT2D eigenvalue weighted by Gasteiger charge is -2.12. The molecule has 0 saturated carbocycles. The molecular weight excluding hydrogens is 206 g/mol. The first kappa shape index (κ1) is 12.6. The number of hydrogen-bond donors (Lipinski definition) is 2. The quantitative estimate of drug-likeness (QED) is 0.629. The molecule has 90 valence electrons. The fourth-order valence-corrected chi connectivity index (χ4v) is 1.33. The SMILES string of the molecule is CCNC(=O)C(C)NCCCn1ccnn1. The van der Waals surface area contributed by atoms with Crippen molar-refractivity contribution in [1.82, 2.24) is 25.6 Å². The van der Waals surface area contributed by atoms with E-state index in [2.05, 4.69) is 20.9 Å². The number of carbonyl (C=O) groups is 1. The van der Waals surface area contributed by atoms with Crippen LogP contribution in [-0.2, 0) is 11.3 Å². The van der Waals surface area contributed by atoms with Gasteiger partial charge in [0, 0.05) is 19.3 Å².